The van der Waals surface area contributed by atoms with Crippen molar-refractivity contribution in [1.29, 1.82) is 0 Å². The van der Waals surface area contributed by atoms with Crippen LogP contribution in [0.25, 0.3) is 0 Å². The van der Waals surface area contributed by atoms with Crippen LogP contribution in [0.2, 0.25) is 0 Å². The Labute approximate surface area is 118 Å². The number of carbonyl (C=O) groups is 3. The fourth-order valence-corrected chi connectivity index (χ4v) is 2.14. The number of amides is 2. The molecule has 20 heavy (non-hydrogen) atoms. The second-order valence-corrected chi connectivity index (χ2v) is 5.02. The van der Waals surface area contributed by atoms with E-state index in [9.17, 15) is 14.4 Å². The monoisotopic (exact) mass is 285 g/mol. The summed E-state index contributed by atoms with van der Waals surface area (Å²) < 4.78 is 0. The van der Waals surface area contributed by atoms with E-state index in [-0.39, 0.29) is 31.7 Å². The standard InChI is InChI=1S/C13H23N3O4/c14-10(4-5-12(18)19)13(20)15-7-6-11(17)16-8-2-1-3-9-16/h10H,1-9,14H2,(H,15,20)(H,18,19). The minimum absolute atomic E-state index is 0.0455. The van der Waals surface area contributed by atoms with Gasteiger partial charge in [-0.1, -0.05) is 0 Å². The van der Waals surface area contributed by atoms with E-state index in [0.29, 0.717) is 0 Å². The SMILES string of the molecule is NC(CCC(=O)O)C(=O)NCCC(=O)N1CCCCC1. The van der Waals surface area contributed by atoms with Gasteiger partial charge in [-0.25, -0.2) is 0 Å². The van der Waals surface area contributed by atoms with E-state index in [4.69, 9.17) is 10.8 Å². The van der Waals surface area contributed by atoms with Crippen molar-refractivity contribution in [2.45, 2.75) is 44.6 Å². The molecule has 1 saturated heterocycles. The summed E-state index contributed by atoms with van der Waals surface area (Å²) in [6.45, 7) is 1.84. The number of nitrogens with one attached hydrogen (secondary N) is 1. The number of hydrogen-bond donors (Lipinski definition) is 3. The molecule has 0 aromatic carbocycles. The lowest BCUT2D eigenvalue weighted by Crippen LogP contribution is -2.43. The number of hydrogen-bond acceptors (Lipinski definition) is 4. The highest BCUT2D eigenvalue weighted by Crippen LogP contribution is 2.09. The minimum atomic E-state index is -0.978. The Kier molecular flexibility index (Phi) is 7.00. The number of carbonyl (C=O) groups excluding carboxylic acids is 2. The first-order valence-corrected chi connectivity index (χ1v) is 7.03. The Balaban J connectivity index is 2.17. The topological polar surface area (TPSA) is 113 Å². The first-order chi connectivity index (χ1) is 9.50. The van der Waals surface area contributed by atoms with Gasteiger partial charge in [-0.15, -0.1) is 0 Å². The van der Waals surface area contributed by atoms with Crippen LogP contribution in [0.5, 0.6) is 0 Å². The van der Waals surface area contributed by atoms with Crippen LogP contribution in [0, 0.1) is 0 Å². The molecule has 4 N–H and O–H groups in total. The third-order valence-electron chi connectivity index (χ3n) is 3.35. The van der Waals surface area contributed by atoms with Gasteiger partial charge in [0.15, 0.2) is 0 Å². The fraction of sp³-hybridized carbons (Fsp3) is 0.769. The maximum atomic E-state index is 11.8. The number of aliphatic carboxylic acids is 1. The maximum Gasteiger partial charge on any atom is 0.303 e. The zero-order valence-electron chi connectivity index (χ0n) is 11.6. The van der Waals surface area contributed by atoms with Crippen molar-refractivity contribution >= 4 is 17.8 Å². The summed E-state index contributed by atoms with van der Waals surface area (Å²) in [6.07, 6.45) is 3.47. The number of piperidine rings is 1. The molecule has 1 fully saturated rings. The molecule has 0 aliphatic carbocycles. The van der Waals surface area contributed by atoms with Crippen LogP contribution in [0.3, 0.4) is 0 Å². The molecule has 2 amide bonds. The van der Waals surface area contributed by atoms with Gasteiger partial charge in [-0.05, 0) is 25.7 Å². The number of carboxylic acids is 1. The molecule has 7 nitrogen and oxygen atoms in total. The first kappa shape index (κ1) is 16.4. The van der Waals surface area contributed by atoms with Gasteiger partial charge in [0.05, 0.1) is 6.04 Å². The van der Waals surface area contributed by atoms with Gasteiger partial charge in [0.25, 0.3) is 0 Å². The third-order valence-corrected chi connectivity index (χ3v) is 3.35. The molecule has 0 bridgehead atoms. The van der Waals surface area contributed by atoms with E-state index in [1.54, 1.807) is 0 Å². The van der Waals surface area contributed by atoms with Crippen molar-refractivity contribution in [3.63, 3.8) is 0 Å². The average molecular weight is 285 g/mol. The Morgan fingerprint density at radius 2 is 1.80 bits per heavy atom. The summed E-state index contributed by atoms with van der Waals surface area (Å²) in [5.41, 5.74) is 5.55. The highest BCUT2D eigenvalue weighted by Gasteiger charge is 2.18. The van der Waals surface area contributed by atoms with Gasteiger partial charge in [-0.3, -0.25) is 14.4 Å². The summed E-state index contributed by atoms with van der Waals surface area (Å²) in [7, 11) is 0. The molecule has 0 spiro atoms. The van der Waals surface area contributed by atoms with Gasteiger partial charge in [0.2, 0.25) is 11.8 Å². The number of nitrogens with zero attached hydrogens (tertiary/aromatic N) is 1. The third kappa shape index (κ3) is 6.01. The normalized spacial score (nSPS) is 16.6. The molecule has 0 aromatic rings. The van der Waals surface area contributed by atoms with E-state index in [0.717, 1.165) is 25.9 Å². The van der Waals surface area contributed by atoms with E-state index in [1.165, 1.54) is 6.42 Å². The lowest BCUT2D eigenvalue weighted by Gasteiger charge is -2.26. The van der Waals surface area contributed by atoms with Gasteiger partial charge in [-0.2, -0.15) is 0 Å². The fourth-order valence-electron chi connectivity index (χ4n) is 2.14. The molecule has 1 atom stereocenters. The molecule has 1 heterocycles. The van der Waals surface area contributed by atoms with Crippen LogP contribution in [-0.2, 0) is 14.4 Å². The van der Waals surface area contributed by atoms with Gasteiger partial charge >= 0.3 is 5.97 Å². The predicted molar refractivity (Wildman–Crippen MR) is 72.9 cm³/mol. The number of rotatable bonds is 7. The van der Waals surface area contributed by atoms with Crippen LogP contribution < -0.4 is 11.1 Å². The maximum absolute atomic E-state index is 11.8. The zero-order valence-corrected chi connectivity index (χ0v) is 11.6. The molecule has 0 aromatic heterocycles. The molecule has 1 rings (SSSR count). The number of likely N-dealkylation sites (tertiary alicyclic amines) is 1. The first-order valence-electron chi connectivity index (χ1n) is 7.03. The molecular formula is C13H23N3O4. The van der Waals surface area contributed by atoms with E-state index in [2.05, 4.69) is 5.32 Å². The lowest BCUT2D eigenvalue weighted by molar-refractivity contribution is -0.137. The molecule has 114 valence electrons. The highest BCUT2D eigenvalue weighted by molar-refractivity contribution is 5.83. The van der Waals surface area contributed by atoms with Crippen molar-refractivity contribution in [1.82, 2.24) is 10.2 Å². The number of carboxylic acid groups (broad SMARTS) is 1. The van der Waals surface area contributed by atoms with Crippen LogP contribution in [0.4, 0.5) is 0 Å². The smallest absolute Gasteiger partial charge is 0.303 e. The largest absolute Gasteiger partial charge is 0.481 e. The quantitative estimate of drug-likeness (QED) is 0.594. The molecule has 0 radical (unpaired) electrons. The van der Waals surface area contributed by atoms with E-state index in [1.807, 2.05) is 4.90 Å². The van der Waals surface area contributed by atoms with Crippen molar-refractivity contribution in [2.24, 2.45) is 5.73 Å². The summed E-state index contributed by atoms with van der Waals surface area (Å²) in [5, 5.41) is 11.1. The predicted octanol–water partition coefficient (Wildman–Crippen LogP) is -0.303. The second kappa shape index (κ2) is 8.52. The van der Waals surface area contributed by atoms with Crippen LogP contribution in [0.15, 0.2) is 0 Å². The Hall–Kier alpha value is -1.63. The molecule has 1 aliphatic heterocycles. The highest BCUT2D eigenvalue weighted by atomic mass is 16.4. The summed E-state index contributed by atoms with van der Waals surface area (Å²) in [6, 6.07) is -0.837. The lowest BCUT2D eigenvalue weighted by atomic mass is 10.1. The van der Waals surface area contributed by atoms with Crippen molar-refractivity contribution in [3.8, 4) is 0 Å². The number of nitrogens with two attached hydrogens (primary N) is 1. The molecular weight excluding hydrogens is 262 g/mol. The van der Waals surface area contributed by atoms with Crippen molar-refractivity contribution in [2.75, 3.05) is 19.6 Å². The minimum Gasteiger partial charge on any atom is -0.481 e. The van der Waals surface area contributed by atoms with Crippen LogP contribution >= 0.6 is 0 Å². The van der Waals surface area contributed by atoms with E-state index < -0.39 is 17.9 Å². The Morgan fingerprint density at radius 3 is 2.40 bits per heavy atom. The second-order valence-electron chi connectivity index (χ2n) is 5.02. The average Bonchev–Trinajstić information content (AvgIpc) is 2.45. The Bertz CT molecular complexity index is 354. The molecule has 7 heteroatoms. The Morgan fingerprint density at radius 1 is 1.15 bits per heavy atom. The molecule has 1 aliphatic rings. The summed E-state index contributed by atoms with van der Waals surface area (Å²) >= 11 is 0. The van der Waals surface area contributed by atoms with Crippen molar-refractivity contribution in [3.05, 3.63) is 0 Å². The molecule has 1 unspecified atom stereocenters. The van der Waals surface area contributed by atoms with Gasteiger partial charge in [0.1, 0.15) is 0 Å². The van der Waals surface area contributed by atoms with E-state index >= 15 is 0 Å². The van der Waals surface area contributed by atoms with Crippen LogP contribution in [-0.4, -0.2) is 53.5 Å². The van der Waals surface area contributed by atoms with Gasteiger partial charge < -0.3 is 21.1 Å². The molecule has 0 saturated carbocycles. The summed E-state index contributed by atoms with van der Waals surface area (Å²) in [4.78, 5) is 35.6. The van der Waals surface area contributed by atoms with Gasteiger partial charge in [0, 0.05) is 32.5 Å². The van der Waals surface area contributed by atoms with Crippen LogP contribution in [0.1, 0.15) is 38.5 Å². The summed E-state index contributed by atoms with van der Waals surface area (Å²) in [5.74, 6) is -1.34. The van der Waals surface area contributed by atoms with Crippen molar-refractivity contribution < 1.29 is 19.5 Å². The zero-order chi connectivity index (χ0) is 15.0.